The van der Waals surface area contributed by atoms with Crippen molar-refractivity contribution in [3.63, 3.8) is 0 Å². The summed E-state index contributed by atoms with van der Waals surface area (Å²) in [5.74, 6) is 0. The molecule has 0 aliphatic carbocycles. The predicted octanol–water partition coefficient (Wildman–Crippen LogP) is 4.33. The standard InChI is InChI=1S/C21H24N4/c1-2-3-10-19-11-7-12-24(19)15-17-13-22-21-20(14-23-25(21)16-17)18-8-5-4-6-9-18/h4-9,11,13-14,16,19H,2-3,10,12,15H2,1H3. The molecule has 1 aliphatic heterocycles. The summed E-state index contributed by atoms with van der Waals surface area (Å²) < 4.78 is 1.90. The van der Waals surface area contributed by atoms with Crippen LogP contribution in [0.15, 0.2) is 61.1 Å². The Hall–Kier alpha value is -2.46. The van der Waals surface area contributed by atoms with Crippen LogP contribution in [0.5, 0.6) is 0 Å². The van der Waals surface area contributed by atoms with Gasteiger partial charge in [0.1, 0.15) is 0 Å². The van der Waals surface area contributed by atoms with E-state index in [0.29, 0.717) is 6.04 Å². The summed E-state index contributed by atoms with van der Waals surface area (Å²) in [7, 11) is 0. The second-order valence-electron chi connectivity index (χ2n) is 6.72. The zero-order valence-corrected chi connectivity index (χ0v) is 14.7. The Morgan fingerprint density at radius 1 is 1.16 bits per heavy atom. The zero-order chi connectivity index (χ0) is 17.1. The van der Waals surface area contributed by atoms with Crippen LogP contribution < -0.4 is 0 Å². The molecule has 1 aliphatic rings. The molecule has 1 atom stereocenters. The molecule has 0 spiro atoms. The Morgan fingerprint density at radius 3 is 2.88 bits per heavy atom. The molecule has 1 aromatic carbocycles. The first-order chi connectivity index (χ1) is 12.3. The minimum atomic E-state index is 0.563. The van der Waals surface area contributed by atoms with Crippen LogP contribution in [0.3, 0.4) is 0 Å². The van der Waals surface area contributed by atoms with E-state index in [-0.39, 0.29) is 0 Å². The van der Waals surface area contributed by atoms with E-state index in [9.17, 15) is 0 Å². The predicted molar refractivity (Wildman–Crippen MR) is 101 cm³/mol. The molecule has 3 heterocycles. The minimum Gasteiger partial charge on any atom is -0.289 e. The van der Waals surface area contributed by atoms with Crippen LogP contribution in [0.25, 0.3) is 16.8 Å². The van der Waals surface area contributed by atoms with Gasteiger partial charge in [0.25, 0.3) is 0 Å². The van der Waals surface area contributed by atoms with Crippen molar-refractivity contribution in [1.29, 1.82) is 0 Å². The number of unbranched alkanes of at least 4 members (excludes halogenated alkanes) is 1. The van der Waals surface area contributed by atoms with Gasteiger partial charge in [-0.25, -0.2) is 9.50 Å². The molecular formula is C21H24N4. The van der Waals surface area contributed by atoms with Crippen molar-refractivity contribution >= 4 is 5.65 Å². The summed E-state index contributed by atoms with van der Waals surface area (Å²) in [5, 5.41) is 4.52. The van der Waals surface area contributed by atoms with E-state index in [2.05, 4.69) is 47.4 Å². The summed E-state index contributed by atoms with van der Waals surface area (Å²) in [6.45, 7) is 4.20. The van der Waals surface area contributed by atoms with Crippen LogP contribution in [-0.4, -0.2) is 32.1 Å². The molecule has 0 radical (unpaired) electrons. The van der Waals surface area contributed by atoms with Crippen molar-refractivity contribution in [3.05, 3.63) is 66.6 Å². The van der Waals surface area contributed by atoms with E-state index < -0.39 is 0 Å². The number of aromatic nitrogens is 3. The Labute approximate surface area is 148 Å². The second-order valence-corrected chi connectivity index (χ2v) is 6.72. The summed E-state index contributed by atoms with van der Waals surface area (Å²) in [4.78, 5) is 7.21. The number of hydrogen-bond acceptors (Lipinski definition) is 3. The minimum absolute atomic E-state index is 0.563. The summed E-state index contributed by atoms with van der Waals surface area (Å²) in [6.07, 6.45) is 14.4. The lowest BCUT2D eigenvalue weighted by atomic mass is 10.1. The molecule has 1 unspecified atom stereocenters. The van der Waals surface area contributed by atoms with E-state index in [1.807, 2.05) is 35.1 Å². The van der Waals surface area contributed by atoms with Crippen LogP contribution in [0.4, 0.5) is 0 Å². The van der Waals surface area contributed by atoms with Gasteiger partial charge in [0.2, 0.25) is 0 Å². The third-order valence-electron chi connectivity index (χ3n) is 4.90. The molecule has 0 saturated heterocycles. The molecule has 25 heavy (non-hydrogen) atoms. The fraction of sp³-hybridized carbons (Fsp3) is 0.333. The lowest BCUT2D eigenvalue weighted by Gasteiger charge is -2.24. The molecule has 4 nitrogen and oxygen atoms in total. The van der Waals surface area contributed by atoms with E-state index >= 15 is 0 Å². The fourth-order valence-electron chi connectivity index (χ4n) is 3.54. The van der Waals surface area contributed by atoms with Crippen molar-refractivity contribution in [1.82, 2.24) is 19.5 Å². The van der Waals surface area contributed by atoms with Gasteiger partial charge >= 0.3 is 0 Å². The van der Waals surface area contributed by atoms with Crippen LogP contribution >= 0.6 is 0 Å². The fourth-order valence-corrected chi connectivity index (χ4v) is 3.54. The van der Waals surface area contributed by atoms with Gasteiger partial charge in [-0.15, -0.1) is 0 Å². The average molecular weight is 332 g/mol. The maximum Gasteiger partial charge on any atom is 0.162 e. The maximum absolute atomic E-state index is 4.70. The van der Waals surface area contributed by atoms with Crippen molar-refractivity contribution in [3.8, 4) is 11.1 Å². The highest BCUT2D eigenvalue weighted by Crippen LogP contribution is 2.24. The first-order valence-corrected chi connectivity index (χ1v) is 9.13. The molecule has 2 aromatic heterocycles. The molecule has 3 aromatic rings. The smallest absolute Gasteiger partial charge is 0.162 e. The number of fused-ring (bicyclic) bond motifs is 1. The van der Waals surface area contributed by atoms with Crippen LogP contribution in [-0.2, 0) is 6.54 Å². The first kappa shape index (κ1) is 16.0. The summed E-state index contributed by atoms with van der Waals surface area (Å²) in [5.41, 5.74) is 4.36. The van der Waals surface area contributed by atoms with Gasteiger partial charge in [-0.2, -0.15) is 5.10 Å². The Bertz CT molecular complexity index is 866. The highest BCUT2D eigenvalue weighted by Gasteiger charge is 2.19. The van der Waals surface area contributed by atoms with Gasteiger partial charge in [-0.1, -0.05) is 62.2 Å². The molecule has 0 saturated carbocycles. The molecular weight excluding hydrogens is 308 g/mol. The van der Waals surface area contributed by atoms with E-state index in [1.165, 1.54) is 24.8 Å². The molecule has 128 valence electrons. The van der Waals surface area contributed by atoms with Gasteiger partial charge in [-0.05, 0) is 12.0 Å². The largest absolute Gasteiger partial charge is 0.289 e. The number of nitrogens with zero attached hydrogens (tertiary/aromatic N) is 4. The number of rotatable bonds is 6. The lowest BCUT2D eigenvalue weighted by molar-refractivity contribution is 0.249. The van der Waals surface area contributed by atoms with Gasteiger partial charge in [0.05, 0.1) is 6.20 Å². The molecule has 0 amide bonds. The molecule has 0 bridgehead atoms. The van der Waals surface area contributed by atoms with Crippen molar-refractivity contribution < 1.29 is 0 Å². The Morgan fingerprint density at radius 2 is 2.04 bits per heavy atom. The maximum atomic E-state index is 4.70. The van der Waals surface area contributed by atoms with Crippen molar-refractivity contribution in [2.24, 2.45) is 0 Å². The van der Waals surface area contributed by atoms with Crippen LogP contribution in [0, 0.1) is 0 Å². The second kappa shape index (κ2) is 7.19. The van der Waals surface area contributed by atoms with Gasteiger partial charge in [0, 0.05) is 42.7 Å². The number of hydrogen-bond donors (Lipinski definition) is 0. The average Bonchev–Trinajstić information content (AvgIpc) is 3.27. The molecule has 4 heteroatoms. The number of benzene rings is 1. The first-order valence-electron chi connectivity index (χ1n) is 9.13. The van der Waals surface area contributed by atoms with Crippen molar-refractivity contribution in [2.45, 2.75) is 38.8 Å². The Balaban J connectivity index is 1.54. The highest BCUT2D eigenvalue weighted by atomic mass is 15.2. The summed E-state index contributed by atoms with van der Waals surface area (Å²) >= 11 is 0. The third kappa shape index (κ3) is 3.35. The van der Waals surface area contributed by atoms with Crippen molar-refractivity contribution in [2.75, 3.05) is 6.54 Å². The van der Waals surface area contributed by atoms with Gasteiger partial charge in [0.15, 0.2) is 5.65 Å². The zero-order valence-electron chi connectivity index (χ0n) is 14.7. The van der Waals surface area contributed by atoms with Gasteiger partial charge in [-0.3, -0.25) is 4.90 Å². The van der Waals surface area contributed by atoms with E-state index in [4.69, 9.17) is 4.98 Å². The van der Waals surface area contributed by atoms with E-state index in [0.717, 1.165) is 29.9 Å². The SMILES string of the molecule is CCCCC1C=CCN1Cc1cnc2c(-c3ccccc3)cnn2c1. The lowest BCUT2D eigenvalue weighted by Crippen LogP contribution is -2.29. The third-order valence-corrected chi connectivity index (χ3v) is 4.90. The Kier molecular flexibility index (Phi) is 4.61. The monoisotopic (exact) mass is 332 g/mol. The normalized spacial score (nSPS) is 17.6. The quantitative estimate of drug-likeness (QED) is 0.630. The van der Waals surface area contributed by atoms with E-state index in [1.54, 1.807) is 0 Å². The van der Waals surface area contributed by atoms with Crippen LogP contribution in [0.1, 0.15) is 31.7 Å². The summed E-state index contributed by atoms with van der Waals surface area (Å²) in [6, 6.07) is 10.9. The van der Waals surface area contributed by atoms with Gasteiger partial charge < -0.3 is 0 Å². The topological polar surface area (TPSA) is 33.4 Å². The molecule has 4 rings (SSSR count). The molecule has 0 fully saturated rings. The highest BCUT2D eigenvalue weighted by molar-refractivity contribution is 5.76. The molecule has 0 N–H and O–H groups in total. The van der Waals surface area contributed by atoms with Crippen LogP contribution in [0.2, 0.25) is 0 Å².